The molecule has 0 heterocycles. The fourth-order valence-electron chi connectivity index (χ4n) is 0.393. The summed E-state index contributed by atoms with van der Waals surface area (Å²) in [6, 6.07) is 0. The molecule has 74 valence electrons. The second kappa shape index (κ2) is 3.32. The van der Waals surface area contributed by atoms with Crippen LogP contribution < -0.4 is 0 Å². The third-order valence-corrected chi connectivity index (χ3v) is 1.72. The molecular formula is C5H5ClF6. The molecule has 0 aliphatic heterocycles. The van der Waals surface area contributed by atoms with Crippen molar-refractivity contribution >= 4 is 11.6 Å². The first-order chi connectivity index (χ1) is 5.10. The Hall–Kier alpha value is -0.130. The molecule has 0 aliphatic carbocycles. The maximum absolute atomic E-state index is 12.2. The van der Waals surface area contributed by atoms with E-state index in [1.807, 2.05) is 0 Å². The molecule has 0 aromatic heterocycles. The summed E-state index contributed by atoms with van der Waals surface area (Å²) in [4.78, 5) is -3.53. The van der Waals surface area contributed by atoms with Crippen LogP contribution in [0.25, 0.3) is 0 Å². The van der Waals surface area contributed by atoms with Gasteiger partial charge in [0.25, 0.3) is 6.43 Å². The Kier molecular flexibility index (Phi) is 3.28. The summed E-state index contributed by atoms with van der Waals surface area (Å²) in [6.07, 6.45) is -12.3. The van der Waals surface area contributed by atoms with Crippen LogP contribution in [-0.4, -0.2) is 23.6 Å². The largest absolute Gasteiger partial charge is 0.410 e. The lowest BCUT2D eigenvalue weighted by Crippen LogP contribution is -2.48. The molecule has 0 fully saturated rings. The third kappa shape index (κ3) is 2.18. The van der Waals surface area contributed by atoms with Gasteiger partial charge in [0.2, 0.25) is 0 Å². The van der Waals surface area contributed by atoms with Crippen LogP contribution in [0.4, 0.5) is 26.3 Å². The van der Waals surface area contributed by atoms with Crippen molar-refractivity contribution in [2.45, 2.75) is 30.6 Å². The SMILES string of the molecule is CC(Cl)(C(F)C(F)F)C(F)(F)F. The maximum atomic E-state index is 12.2. The molecule has 0 rings (SSSR count). The van der Waals surface area contributed by atoms with Gasteiger partial charge in [-0.05, 0) is 6.92 Å². The average molecular weight is 215 g/mol. The van der Waals surface area contributed by atoms with E-state index in [0.29, 0.717) is 0 Å². The molecule has 2 unspecified atom stereocenters. The van der Waals surface area contributed by atoms with E-state index in [-0.39, 0.29) is 6.92 Å². The highest BCUT2D eigenvalue weighted by Gasteiger charge is 2.58. The van der Waals surface area contributed by atoms with Gasteiger partial charge in [-0.3, -0.25) is 0 Å². The first-order valence-electron chi connectivity index (χ1n) is 2.78. The Morgan fingerprint density at radius 1 is 1.08 bits per heavy atom. The van der Waals surface area contributed by atoms with Gasteiger partial charge in [-0.2, -0.15) is 13.2 Å². The van der Waals surface area contributed by atoms with Crippen molar-refractivity contribution in [3.8, 4) is 0 Å². The van der Waals surface area contributed by atoms with E-state index in [2.05, 4.69) is 11.6 Å². The number of halogens is 7. The Morgan fingerprint density at radius 2 is 1.42 bits per heavy atom. The van der Waals surface area contributed by atoms with Crippen molar-refractivity contribution in [2.24, 2.45) is 0 Å². The highest BCUT2D eigenvalue weighted by atomic mass is 35.5. The summed E-state index contributed by atoms with van der Waals surface area (Å²) < 4.78 is 70.4. The highest BCUT2D eigenvalue weighted by molar-refractivity contribution is 6.24. The lowest BCUT2D eigenvalue weighted by atomic mass is 10.1. The summed E-state index contributed by atoms with van der Waals surface area (Å²) >= 11 is 4.58. The molecule has 2 atom stereocenters. The average Bonchev–Trinajstić information content (AvgIpc) is 1.83. The molecule has 12 heavy (non-hydrogen) atoms. The van der Waals surface area contributed by atoms with Gasteiger partial charge in [-0.25, -0.2) is 13.2 Å². The minimum Gasteiger partial charge on any atom is -0.239 e. The summed E-state index contributed by atoms with van der Waals surface area (Å²) in [5.74, 6) is 0. The quantitative estimate of drug-likeness (QED) is 0.489. The van der Waals surface area contributed by atoms with E-state index in [4.69, 9.17) is 0 Å². The molecule has 0 aromatic rings. The van der Waals surface area contributed by atoms with Gasteiger partial charge < -0.3 is 0 Å². The van der Waals surface area contributed by atoms with Crippen LogP contribution in [0.3, 0.4) is 0 Å². The van der Waals surface area contributed by atoms with E-state index in [9.17, 15) is 26.3 Å². The number of hydrogen-bond donors (Lipinski definition) is 0. The molecule has 0 aliphatic rings. The minimum atomic E-state index is -5.19. The normalized spacial score (nSPS) is 20.8. The molecule has 0 N–H and O–H groups in total. The van der Waals surface area contributed by atoms with Crippen LogP contribution in [0.15, 0.2) is 0 Å². The minimum absolute atomic E-state index is 0.172. The third-order valence-electron chi connectivity index (χ3n) is 1.29. The zero-order valence-corrected chi connectivity index (χ0v) is 6.56. The summed E-state index contributed by atoms with van der Waals surface area (Å²) in [5.41, 5.74) is 0. The monoisotopic (exact) mass is 214 g/mol. The predicted octanol–water partition coefficient (Wildman–Crippen LogP) is 3.15. The Morgan fingerprint density at radius 3 is 1.50 bits per heavy atom. The van der Waals surface area contributed by atoms with Crippen LogP contribution in [0.2, 0.25) is 0 Å². The van der Waals surface area contributed by atoms with Crippen LogP contribution in [0.1, 0.15) is 6.92 Å². The molecule has 0 spiro atoms. The number of rotatable bonds is 2. The van der Waals surface area contributed by atoms with E-state index in [1.54, 1.807) is 0 Å². The zero-order chi connectivity index (χ0) is 10.2. The Balaban J connectivity index is 4.61. The number of hydrogen-bond acceptors (Lipinski definition) is 0. The van der Waals surface area contributed by atoms with Crippen LogP contribution in [-0.2, 0) is 0 Å². The topological polar surface area (TPSA) is 0 Å². The van der Waals surface area contributed by atoms with Crippen molar-refractivity contribution in [1.29, 1.82) is 0 Å². The van der Waals surface area contributed by atoms with E-state index in [0.717, 1.165) is 0 Å². The van der Waals surface area contributed by atoms with Crippen LogP contribution in [0.5, 0.6) is 0 Å². The lowest BCUT2D eigenvalue weighted by Gasteiger charge is -2.27. The van der Waals surface area contributed by atoms with Gasteiger partial charge >= 0.3 is 6.18 Å². The predicted molar refractivity (Wildman–Crippen MR) is 31.2 cm³/mol. The van der Waals surface area contributed by atoms with Gasteiger partial charge in [0, 0.05) is 0 Å². The van der Waals surface area contributed by atoms with Gasteiger partial charge in [0.05, 0.1) is 0 Å². The fraction of sp³-hybridized carbons (Fsp3) is 1.00. The van der Waals surface area contributed by atoms with Crippen molar-refractivity contribution < 1.29 is 26.3 Å². The van der Waals surface area contributed by atoms with E-state index in [1.165, 1.54) is 0 Å². The Labute approximate surface area is 69.5 Å². The summed E-state index contributed by atoms with van der Waals surface area (Å²) in [6.45, 7) is 0.172. The number of alkyl halides is 7. The lowest BCUT2D eigenvalue weighted by molar-refractivity contribution is -0.184. The summed E-state index contributed by atoms with van der Waals surface area (Å²) in [7, 11) is 0. The van der Waals surface area contributed by atoms with Gasteiger partial charge in [0.1, 0.15) is 0 Å². The maximum Gasteiger partial charge on any atom is 0.410 e. The molecule has 0 saturated heterocycles. The molecule has 0 nitrogen and oxygen atoms in total. The van der Waals surface area contributed by atoms with Crippen molar-refractivity contribution in [3.63, 3.8) is 0 Å². The van der Waals surface area contributed by atoms with E-state index < -0.39 is 23.6 Å². The first-order valence-corrected chi connectivity index (χ1v) is 3.16. The zero-order valence-electron chi connectivity index (χ0n) is 5.80. The fourth-order valence-corrected chi connectivity index (χ4v) is 0.488. The van der Waals surface area contributed by atoms with E-state index >= 15 is 0 Å². The van der Waals surface area contributed by atoms with Crippen molar-refractivity contribution in [2.75, 3.05) is 0 Å². The van der Waals surface area contributed by atoms with Gasteiger partial charge in [-0.1, -0.05) is 0 Å². The molecule has 0 bridgehead atoms. The van der Waals surface area contributed by atoms with Crippen LogP contribution >= 0.6 is 11.6 Å². The molecule has 0 saturated carbocycles. The van der Waals surface area contributed by atoms with Gasteiger partial charge in [0.15, 0.2) is 11.0 Å². The van der Waals surface area contributed by atoms with Gasteiger partial charge in [-0.15, -0.1) is 11.6 Å². The second-order valence-corrected chi connectivity index (χ2v) is 3.09. The summed E-state index contributed by atoms with van der Waals surface area (Å²) in [5, 5.41) is 0. The molecule has 0 amide bonds. The molecule has 7 heteroatoms. The standard InChI is InChI=1S/C5H5ClF6/c1-4(6,5(10,11)12)2(7)3(8)9/h2-3H,1H3. The molecule has 0 radical (unpaired) electrons. The van der Waals surface area contributed by atoms with Crippen molar-refractivity contribution in [3.05, 3.63) is 0 Å². The molecular weight excluding hydrogens is 209 g/mol. The molecule has 0 aromatic carbocycles. The van der Waals surface area contributed by atoms with Crippen LogP contribution in [0, 0.1) is 0 Å². The van der Waals surface area contributed by atoms with Crippen molar-refractivity contribution in [1.82, 2.24) is 0 Å². The smallest absolute Gasteiger partial charge is 0.239 e. The first kappa shape index (κ1) is 11.9. The highest BCUT2D eigenvalue weighted by Crippen LogP contribution is 2.41. The second-order valence-electron chi connectivity index (χ2n) is 2.31. The Bertz CT molecular complexity index is 151.